The maximum atomic E-state index is 6.25. The quantitative estimate of drug-likeness (QED) is 0.581. The van der Waals surface area contributed by atoms with Crippen LogP contribution >= 0.6 is 0 Å². The minimum absolute atomic E-state index is 0.400. The molecule has 3 atom stereocenters. The number of nitrogens with two attached hydrogens (primary N) is 1. The zero-order valence-corrected chi connectivity index (χ0v) is 8.91. The Kier molecular flexibility index (Phi) is 2.12. The van der Waals surface area contributed by atoms with E-state index in [9.17, 15) is 0 Å². The van der Waals surface area contributed by atoms with Gasteiger partial charge in [0.1, 0.15) is 6.54 Å². The zero-order valence-electron chi connectivity index (χ0n) is 8.91. The van der Waals surface area contributed by atoms with Gasteiger partial charge in [0.15, 0.2) is 11.8 Å². The number of hydrogen-bond acceptors (Lipinski definition) is 1. The van der Waals surface area contributed by atoms with Crippen molar-refractivity contribution >= 4 is 5.71 Å². The summed E-state index contributed by atoms with van der Waals surface area (Å²) in [5, 5.41) is 0. The van der Waals surface area contributed by atoms with Gasteiger partial charge in [-0.15, -0.1) is 0 Å². The van der Waals surface area contributed by atoms with Crippen molar-refractivity contribution in [2.75, 3.05) is 6.54 Å². The fourth-order valence-electron chi connectivity index (χ4n) is 3.83. The SMILES string of the molecule is N[C@H]1C[C@H]2CCCC[C@@H]2[N+]2=C1CCC2. The van der Waals surface area contributed by atoms with Crippen LogP contribution < -0.4 is 5.73 Å². The van der Waals surface area contributed by atoms with Gasteiger partial charge in [-0.1, -0.05) is 6.42 Å². The molecule has 2 N–H and O–H groups in total. The molecule has 0 saturated heterocycles. The van der Waals surface area contributed by atoms with E-state index in [1.54, 1.807) is 5.71 Å². The van der Waals surface area contributed by atoms with Crippen LogP contribution in [0.5, 0.6) is 0 Å². The smallest absolute Gasteiger partial charge is 0.169 e. The summed E-state index contributed by atoms with van der Waals surface area (Å²) in [5.41, 5.74) is 7.84. The third kappa shape index (κ3) is 1.23. The maximum Gasteiger partial charge on any atom is 0.169 e. The Labute approximate surface area is 86.2 Å². The van der Waals surface area contributed by atoms with E-state index in [-0.39, 0.29) is 0 Å². The molecule has 0 aromatic carbocycles. The summed E-state index contributed by atoms with van der Waals surface area (Å²) >= 11 is 0. The molecule has 0 radical (unpaired) electrons. The lowest BCUT2D eigenvalue weighted by atomic mass is 9.77. The lowest BCUT2D eigenvalue weighted by Gasteiger charge is -2.34. The molecule has 2 heterocycles. The van der Waals surface area contributed by atoms with Crippen molar-refractivity contribution in [3.05, 3.63) is 0 Å². The van der Waals surface area contributed by atoms with Crippen molar-refractivity contribution in [2.45, 2.75) is 57.0 Å². The van der Waals surface area contributed by atoms with Gasteiger partial charge < -0.3 is 5.73 Å². The molecule has 0 spiro atoms. The number of fused-ring (bicyclic) bond motifs is 2. The summed E-state index contributed by atoms with van der Waals surface area (Å²) in [6.45, 7) is 1.30. The molecule has 1 saturated carbocycles. The Balaban J connectivity index is 1.92. The first-order valence-corrected chi connectivity index (χ1v) is 6.24. The molecule has 78 valence electrons. The largest absolute Gasteiger partial charge is 0.319 e. The molecule has 1 aliphatic carbocycles. The Hall–Kier alpha value is -0.370. The van der Waals surface area contributed by atoms with E-state index in [0.717, 1.165) is 12.0 Å². The third-order valence-corrected chi connectivity index (χ3v) is 4.45. The molecule has 0 amide bonds. The average molecular weight is 193 g/mol. The van der Waals surface area contributed by atoms with Gasteiger partial charge in [0, 0.05) is 25.2 Å². The van der Waals surface area contributed by atoms with Crippen LogP contribution in [-0.2, 0) is 0 Å². The van der Waals surface area contributed by atoms with E-state index in [1.165, 1.54) is 51.5 Å². The summed E-state index contributed by atoms with van der Waals surface area (Å²) in [6, 6.07) is 1.28. The van der Waals surface area contributed by atoms with Gasteiger partial charge in [0.05, 0.1) is 6.04 Å². The average Bonchev–Trinajstić information content (AvgIpc) is 2.67. The highest BCUT2D eigenvalue weighted by molar-refractivity contribution is 5.86. The Morgan fingerprint density at radius 3 is 2.93 bits per heavy atom. The van der Waals surface area contributed by atoms with E-state index < -0.39 is 0 Å². The number of rotatable bonds is 0. The van der Waals surface area contributed by atoms with Crippen LogP contribution in [-0.4, -0.2) is 28.9 Å². The summed E-state index contributed by atoms with van der Waals surface area (Å²) in [7, 11) is 0. The Bertz CT molecular complexity index is 269. The Morgan fingerprint density at radius 2 is 2.00 bits per heavy atom. The molecule has 2 aliphatic heterocycles. The van der Waals surface area contributed by atoms with Crippen molar-refractivity contribution in [2.24, 2.45) is 11.7 Å². The fraction of sp³-hybridized carbons (Fsp3) is 0.917. The van der Waals surface area contributed by atoms with Gasteiger partial charge >= 0.3 is 0 Å². The van der Waals surface area contributed by atoms with Crippen LogP contribution in [0.25, 0.3) is 0 Å². The number of nitrogens with zero attached hydrogens (tertiary/aromatic N) is 1. The van der Waals surface area contributed by atoms with E-state index in [1.807, 2.05) is 0 Å². The molecule has 3 aliphatic rings. The zero-order chi connectivity index (χ0) is 9.54. The topological polar surface area (TPSA) is 29.0 Å². The Morgan fingerprint density at radius 1 is 1.14 bits per heavy atom. The van der Waals surface area contributed by atoms with Crippen LogP contribution in [0.2, 0.25) is 0 Å². The monoisotopic (exact) mass is 193 g/mol. The second-order valence-corrected chi connectivity index (χ2v) is 5.24. The lowest BCUT2D eigenvalue weighted by Crippen LogP contribution is -2.50. The van der Waals surface area contributed by atoms with Crippen molar-refractivity contribution < 1.29 is 4.58 Å². The normalized spacial score (nSPS) is 42.2. The van der Waals surface area contributed by atoms with E-state index in [4.69, 9.17) is 5.73 Å². The lowest BCUT2D eigenvalue weighted by molar-refractivity contribution is -0.577. The fourth-order valence-corrected chi connectivity index (χ4v) is 3.83. The number of hydrogen-bond donors (Lipinski definition) is 1. The summed E-state index contributed by atoms with van der Waals surface area (Å²) in [4.78, 5) is 0. The van der Waals surface area contributed by atoms with Crippen molar-refractivity contribution in [3.8, 4) is 0 Å². The predicted molar refractivity (Wildman–Crippen MR) is 57.7 cm³/mol. The van der Waals surface area contributed by atoms with Crippen LogP contribution in [0.1, 0.15) is 44.9 Å². The van der Waals surface area contributed by atoms with Crippen LogP contribution in [0.4, 0.5) is 0 Å². The van der Waals surface area contributed by atoms with Gasteiger partial charge in [-0.3, -0.25) is 0 Å². The molecule has 3 rings (SSSR count). The summed E-state index contributed by atoms with van der Waals surface area (Å²) in [5.74, 6) is 0.917. The standard InChI is InChI=1S/C12H21N2/c13-10-8-9-4-1-2-5-11(9)14-7-3-6-12(10)14/h9-11H,1-8,13H2/q+1/t9-,10+,11+/m1/s1. The van der Waals surface area contributed by atoms with Crippen LogP contribution in [0.15, 0.2) is 0 Å². The minimum Gasteiger partial charge on any atom is -0.319 e. The molecule has 0 aromatic rings. The summed E-state index contributed by atoms with van der Waals surface area (Å²) in [6.07, 6.45) is 9.66. The van der Waals surface area contributed by atoms with Crippen molar-refractivity contribution in [1.29, 1.82) is 0 Å². The minimum atomic E-state index is 0.400. The highest BCUT2D eigenvalue weighted by atomic mass is 15.1. The molecule has 2 heteroatoms. The van der Waals surface area contributed by atoms with E-state index in [0.29, 0.717) is 6.04 Å². The predicted octanol–water partition coefficient (Wildman–Crippen LogP) is 1.52. The molecular formula is C12H21N2+. The molecule has 14 heavy (non-hydrogen) atoms. The molecule has 2 nitrogen and oxygen atoms in total. The second-order valence-electron chi connectivity index (χ2n) is 5.24. The van der Waals surface area contributed by atoms with Crippen LogP contribution in [0, 0.1) is 5.92 Å². The van der Waals surface area contributed by atoms with Gasteiger partial charge in [-0.25, -0.2) is 4.58 Å². The second kappa shape index (κ2) is 3.34. The van der Waals surface area contributed by atoms with E-state index >= 15 is 0 Å². The van der Waals surface area contributed by atoms with Gasteiger partial charge in [-0.2, -0.15) is 0 Å². The molecule has 0 unspecified atom stereocenters. The van der Waals surface area contributed by atoms with Gasteiger partial charge in [-0.05, 0) is 19.3 Å². The molecular weight excluding hydrogens is 172 g/mol. The van der Waals surface area contributed by atoms with Gasteiger partial charge in [0.2, 0.25) is 0 Å². The first-order valence-electron chi connectivity index (χ1n) is 6.24. The van der Waals surface area contributed by atoms with Crippen LogP contribution in [0.3, 0.4) is 0 Å². The van der Waals surface area contributed by atoms with Gasteiger partial charge in [0.25, 0.3) is 0 Å². The summed E-state index contributed by atoms with van der Waals surface area (Å²) < 4.78 is 2.68. The highest BCUT2D eigenvalue weighted by Crippen LogP contribution is 2.35. The maximum absolute atomic E-state index is 6.25. The molecule has 1 fully saturated rings. The molecule has 0 bridgehead atoms. The van der Waals surface area contributed by atoms with E-state index in [2.05, 4.69) is 4.58 Å². The third-order valence-electron chi connectivity index (χ3n) is 4.45. The van der Waals surface area contributed by atoms with Crippen molar-refractivity contribution in [1.82, 2.24) is 0 Å². The van der Waals surface area contributed by atoms with Crippen molar-refractivity contribution in [3.63, 3.8) is 0 Å². The highest BCUT2D eigenvalue weighted by Gasteiger charge is 2.44. The first kappa shape index (κ1) is 8.90. The molecule has 0 aromatic heterocycles. The first-order chi connectivity index (χ1) is 6.86.